The molecule has 0 atom stereocenters. The minimum absolute atomic E-state index is 0.158. The summed E-state index contributed by atoms with van der Waals surface area (Å²) in [7, 11) is 0. The van der Waals surface area contributed by atoms with Gasteiger partial charge in [0.25, 0.3) is 0 Å². The van der Waals surface area contributed by atoms with E-state index in [1.807, 2.05) is 6.07 Å². The van der Waals surface area contributed by atoms with Crippen LogP contribution in [-0.2, 0) is 6.18 Å². The number of fused-ring (bicyclic) bond motifs is 2. The fraction of sp³-hybridized carbons (Fsp3) is 0.0714. The number of anilines is 2. The van der Waals surface area contributed by atoms with Crippen molar-refractivity contribution < 1.29 is 13.2 Å². The van der Waals surface area contributed by atoms with Crippen molar-refractivity contribution >= 4 is 33.8 Å². The van der Waals surface area contributed by atoms with Crippen molar-refractivity contribution in [1.82, 2.24) is 0 Å². The quantitative estimate of drug-likeness (QED) is 0.720. The van der Waals surface area contributed by atoms with E-state index < -0.39 is 11.7 Å². The van der Waals surface area contributed by atoms with E-state index in [9.17, 15) is 13.2 Å². The van der Waals surface area contributed by atoms with Crippen LogP contribution in [0.3, 0.4) is 0 Å². The monoisotopic (exact) mass is 296 g/mol. The average molecular weight is 297 g/mol. The lowest BCUT2D eigenvalue weighted by molar-refractivity contribution is -0.137. The molecule has 2 aromatic rings. The van der Waals surface area contributed by atoms with Gasteiger partial charge >= 0.3 is 6.18 Å². The summed E-state index contributed by atoms with van der Waals surface area (Å²) in [5.74, 6) is 0. The molecule has 0 unspecified atom stereocenters. The fourth-order valence-corrected chi connectivity index (χ4v) is 2.25. The van der Waals surface area contributed by atoms with Gasteiger partial charge in [0.05, 0.1) is 16.9 Å². The molecule has 1 heterocycles. The smallest absolute Gasteiger partial charge is 0.353 e. The fourth-order valence-electron chi connectivity index (χ4n) is 1.99. The number of para-hydroxylation sites is 1. The van der Waals surface area contributed by atoms with Gasteiger partial charge in [0.15, 0.2) is 0 Å². The van der Waals surface area contributed by atoms with E-state index in [1.54, 1.807) is 18.2 Å². The summed E-state index contributed by atoms with van der Waals surface area (Å²) >= 11 is 6.07. The Kier molecular flexibility index (Phi) is 2.94. The van der Waals surface area contributed by atoms with Crippen molar-refractivity contribution in [2.75, 3.05) is 5.32 Å². The molecule has 6 heteroatoms. The number of alkyl halides is 3. The van der Waals surface area contributed by atoms with Gasteiger partial charge in [-0.15, -0.1) is 0 Å². The Morgan fingerprint density at radius 3 is 2.50 bits per heavy atom. The molecule has 1 aliphatic rings. The Bertz CT molecular complexity index is 708. The molecule has 1 N–H and O–H groups in total. The van der Waals surface area contributed by atoms with Crippen molar-refractivity contribution in [3.05, 3.63) is 53.6 Å². The molecule has 0 bridgehead atoms. The molecule has 0 amide bonds. The Morgan fingerprint density at radius 2 is 1.75 bits per heavy atom. The minimum atomic E-state index is -4.41. The van der Waals surface area contributed by atoms with Crippen LogP contribution in [0.25, 0.3) is 0 Å². The second-order valence-corrected chi connectivity index (χ2v) is 4.66. The zero-order chi connectivity index (χ0) is 14.3. The summed E-state index contributed by atoms with van der Waals surface area (Å²) in [5, 5.41) is 3.20. The van der Waals surface area contributed by atoms with Gasteiger partial charge < -0.3 is 5.32 Å². The SMILES string of the molecule is FC(F)(F)c1ccc2c(c1)N=C(Cl)c1ccccc1N2. The van der Waals surface area contributed by atoms with E-state index in [1.165, 1.54) is 6.07 Å². The van der Waals surface area contributed by atoms with Crippen LogP contribution in [0, 0.1) is 0 Å². The van der Waals surface area contributed by atoms with E-state index in [0.717, 1.165) is 12.1 Å². The van der Waals surface area contributed by atoms with Crippen molar-refractivity contribution in [1.29, 1.82) is 0 Å². The molecule has 0 fully saturated rings. The molecule has 2 nitrogen and oxygen atoms in total. The van der Waals surface area contributed by atoms with E-state index >= 15 is 0 Å². The highest BCUT2D eigenvalue weighted by Gasteiger charge is 2.31. The maximum atomic E-state index is 12.7. The lowest BCUT2D eigenvalue weighted by Gasteiger charge is -2.11. The third kappa shape index (κ3) is 2.25. The second kappa shape index (κ2) is 4.52. The molecule has 0 saturated carbocycles. The topological polar surface area (TPSA) is 24.4 Å². The molecule has 2 aromatic carbocycles. The molecule has 102 valence electrons. The number of halogens is 4. The summed E-state index contributed by atoms with van der Waals surface area (Å²) in [6, 6.07) is 10.5. The van der Waals surface area contributed by atoms with Crippen LogP contribution < -0.4 is 5.32 Å². The molecule has 0 saturated heterocycles. The minimum Gasteiger partial charge on any atom is -0.353 e. The molecule has 0 spiro atoms. The Hall–Kier alpha value is -2.01. The Labute approximate surface area is 117 Å². The van der Waals surface area contributed by atoms with Gasteiger partial charge in [-0.05, 0) is 30.3 Å². The van der Waals surface area contributed by atoms with E-state index in [4.69, 9.17) is 11.6 Å². The van der Waals surface area contributed by atoms with Crippen molar-refractivity contribution in [3.63, 3.8) is 0 Å². The standard InChI is InChI=1S/C14H8ClF3N2/c15-13-9-3-1-2-4-10(9)19-11-6-5-8(14(16,17)18)7-12(11)20-13/h1-7,19H. The summed E-state index contributed by atoms with van der Waals surface area (Å²) in [5.41, 5.74) is 1.26. The van der Waals surface area contributed by atoms with E-state index in [0.29, 0.717) is 16.9 Å². The molecule has 1 aliphatic heterocycles. The zero-order valence-electron chi connectivity index (χ0n) is 10.0. The molecular formula is C14H8ClF3N2. The first kappa shape index (κ1) is 13.0. The normalized spacial score (nSPS) is 13.7. The number of benzene rings is 2. The zero-order valence-corrected chi connectivity index (χ0v) is 10.8. The van der Waals surface area contributed by atoms with Crippen molar-refractivity contribution in [3.8, 4) is 0 Å². The molecule has 0 aliphatic carbocycles. The van der Waals surface area contributed by atoms with Gasteiger partial charge in [-0.2, -0.15) is 13.2 Å². The van der Waals surface area contributed by atoms with Crippen LogP contribution in [0.2, 0.25) is 0 Å². The second-order valence-electron chi connectivity index (χ2n) is 4.30. The van der Waals surface area contributed by atoms with E-state index in [2.05, 4.69) is 10.3 Å². The Morgan fingerprint density at radius 1 is 1.00 bits per heavy atom. The largest absolute Gasteiger partial charge is 0.416 e. The van der Waals surface area contributed by atoms with Gasteiger partial charge in [-0.1, -0.05) is 23.7 Å². The van der Waals surface area contributed by atoms with Gasteiger partial charge in [-0.25, -0.2) is 4.99 Å². The lowest BCUT2D eigenvalue weighted by Crippen LogP contribution is -2.04. The average Bonchev–Trinajstić information content (AvgIpc) is 2.53. The number of rotatable bonds is 0. The van der Waals surface area contributed by atoms with Gasteiger partial charge in [-0.3, -0.25) is 0 Å². The summed E-state index contributed by atoms with van der Waals surface area (Å²) < 4.78 is 38.2. The lowest BCUT2D eigenvalue weighted by atomic mass is 10.1. The van der Waals surface area contributed by atoms with Gasteiger partial charge in [0, 0.05) is 11.3 Å². The van der Waals surface area contributed by atoms with Crippen molar-refractivity contribution in [2.24, 2.45) is 4.99 Å². The predicted octanol–water partition coefficient (Wildman–Crippen LogP) is 5.08. The maximum absolute atomic E-state index is 12.7. The molecular weight excluding hydrogens is 289 g/mol. The van der Waals surface area contributed by atoms with Gasteiger partial charge in [0.1, 0.15) is 5.17 Å². The van der Waals surface area contributed by atoms with Crippen molar-refractivity contribution in [2.45, 2.75) is 6.18 Å². The van der Waals surface area contributed by atoms with Crippen LogP contribution >= 0.6 is 11.6 Å². The van der Waals surface area contributed by atoms with Crippen LogP contribution in [0.1, 0.15) is 11.1 Å². The van der Waals surface area contributed by atoms with Crippen LogP contribution in [0.5, 0.6) is 0 Å². The summed E-state index contributed by atoms with van der Waals surface area (Å²) in [4.78, 5) is 4.07. The highest BCUT2D eigenvalue weighted by molar-refractivity contribution is 6.70. The number of hydrogen-bond donors (Lipinski definition) is 1. The first-order valence-corrected chi connectivity index (χ1v) is 6.15. The molecule has 20 heavy (non-hydrogen) atoms. The van der Waals surface area contributed by atoms with Crippen LogP contribution in [-0.4, -0.2) is 5.17 Å². The summed E-state index contributed by atoms with van der Waals surface area (Å²) in [6.07, 6.45) is -4.41. The van der Waals surface area contributed by atoms with E-state index in [-0.39, 0.29) is 10.9 Å². The molecule has 0 aromatic heterocycles. The Balaban J connectivity index is 2.16. The highest BCUT2D eigenvalue weighted by atomic mass is 35.5. The maximum Gasteiger partial charge on any atom is 0.416 e. The van der Waals surface area contributed by atoms with Gasteiger partial charge in [0.2, 0.25) is 0 Å². The van der Waals surface area contributed by atoms with Crippen LogP contribution in [0.4, 0.5) is 30.2 Å². The highest BCUT2D eigenvalue weighted by Crippen LogP contribution is 2.39. The summed E-state index contributed by atoms with van der Waals surface area (Å²) in [6.45, 7) is 0. The first-order valence-electron chi connectivity index (χ1n) is 5.77. The van der Waals surface area contributed by atoms with Crippen LogP contribution in [0.15, 0.2) is 47.5 Å². The predicted molar refractivity (Wildman–Crippen MR) is 73.2 cm³/mol. The number of aliphatic imine (C=N–C) groups is 1. The number of nitrogens with zero attached hydrogens (tertiary/aromatic N) is 1. The molecule has 3 rings (SSSR count). The number of nitrogens with one attached hydrogen (secondary N) is 1. The third-order valence-corrected chi connectivity index (χ3v) is 3.25. The third-order valence-electron chi connectivity index (χ3n) is 2.96. The molecule has 0 radical (unpaired) electrons. The first-order chi connectivity index (χ1) is 9.45. The number of hydrogen-bond acceptors (Lipinski definition) is 2.